The monoisotopic (exact) mass is 310 g/mol. The Balaban J connectivity index is 0.000000159. The number of primary amides is 1. The largest absolute Gasteiger partial charge is 0.389 e. The van der Waals surface area contributed by atoms with E-state index in [0.29, 0.717) is 18.2 Å². The third-order valence-electron chi connectivity index (χ3n) is 4.49. The molecule has 1 amide bonds. The molecule has 0 bridgehead atoms. The van der Waals surface area contributed by atoms with E-state index in [1.807, 2.05) is 6.07 Å². The van der Waals surface area contributed by atoms with E-state index in [2.05, 4.69) is 23.5 Å². The third kappa shape index (κ3) is 3.76. The molecule has 1 aromatic carbocycles. The standard InChI is InChI=1S/C8H7Cl.C8H16N2O2/c9-8-5-6-3-1-2-4-7(6)8;1-6(7(9)11)8(12)2-4-10-5-3-8/h1-4,8H,5H2;6,10,12H,2-5H2,1H3,(H2,9,11). The van der Waals surface area contributed by atoms with Crippen LogP contribution < -0.4 is 11.1 Å². The van der Waals surface area contributed by atoms with Crippen LogP contribution in [0.5, 0.6) is 0 Å². The summed E-state index contributed by atoms with van der Waals surface area (Å²) in [5, 5.41) is 13.4. The molecule has 1 heterocycles. The molecule has 2 unspecified atom stereocenters. The lowest BCUT2D eigenvalue weighted by molar-refractivity contribution is -0.132. The number of halogens is 1. The van der Waals surface area contributed by atoms with Gasteiger partial charge in [0.2, 0.25) is 5.91 Å². The molecule has 1 aliphatic heterocycles. The SMILES string of the molecule is CC(C(N)=O)C1(O)CCNCC1.ClC1Cc2ccccc21. The Kier molecular flexibility index (Phi) is 5.25. The van der Waals surface area contributed by atoms with Gasteiger partial charge in [0, 0.05) is 0 Å². The van der Waals surface area contributed by atoms with Crippen molar-refractivity contribution < 1.29 is 9.90 Å². The lowest BCUT2D eigenvalue weighted by Crippen LogP contribution is -2.50. The number of amides is 1. The van der Waals surface area contributed by atoms with Gasteiger partial charge >= 0.3 is 0 Å². The minimum Gasteiger partial charge on any atom is -0.389 e. The molecule has 0 radical (unpaired) electrons. The van der Waals surface area contributed by atoms with E-state index < -0.39 is 17.4 Å². The predicted molar refractivity (Wildman–Crippen MR) is 84.2 cm³/mol. The van der Waals surface area contributed by atoms with Crippen molar-refractivity contribution in [3.05, 3.63) is 35.4 Å². The van der Waals surface area contributed by atoms with Crippen LogP contribution >= 0.6 is 11.6 Å². The third-order valence-corrected chi connectivity index (χ3v) is 4.88. The Morgan fingerprint density at radius 2 is 2.05 bits per heavy atom. The molecule has 1 aliphatic carbocycles. The fraction of sp³-hybridized carbons (Fsp3) is 0.562. The van der Waals surface area contributed by atoms with Crippen LogP contribution in [0.1, 0.15) is 36.3 Å². The first-order valence-corrected chi connectivity index (χ1v) is 7.82. The summed E-state index contributed by atoms with van der Waals surface area (Å²) in [6.07, 6.45) is 2.27. The van der Waals surface area contributed by atoms with Crippen molar-refractivity contribution in [2.75, 3.05) is 13.1 Å². The second-order valence-electron chi connectivity index (χ2n) is 5.85. The summed E-state index contributed by atoms with van der Waals surface area (Å²) in [6.45, 7) is 3.20. The number of carbonyl (C=O) groups excluding carboxylic acids is 1. The Hall–Kier alpha value is -1.10. The van der Waals surface area contributed by atoms with E-state index in [9.17, 15) is 9.90 Å². The zero-order valence-electron chi connectivity index (χ0n) is 12.3. The molecule has 5 heteroatoms. The van der Waals surface area contributed by atoms with Crippen molar-refractivity contribution in [3.8, 4) is 0 Å². The molecular weight excluding hydrogens is 288 g/mol. The first-order chi connectivity index (χ1) is 9.94. The first-order valence-electron chi connectivity index (χ1n) is 7.38. The number of rotatable bonds is 2. The van der Waals surface area contributed by atoms with E-state index in [-0.39, 0.29) is 0 Å². The topological polar surface area (TPSA) is 75.4 Å². The minimum atomic E-state index is -0.878. The molecule has 4 nitrogen and oxygen atoms in total. The Morgan fingerprint density at radius 3 is 2.52 bits per heavy atom. The number of benzene rings is 1. The molecule has 21 heavy (non-hydrogen) atoms. The minimum absolute atomic E-state index is 0.293. The summed E-state index contributed by atoms with van der Waals surface area (Å²) in [5.41, 5.74) is 6.99. The zero-order chi connectivity index (χ0) is 15.5. The Labute approximate surface area is 130 Å². The van der Waals surface area contributed by atoms with Crippen LogP contribution in [0.2, 0.25) is 0 Å². The van der Waals surface area contributed by atoms with Crippen LogP contribution in [-0.2, 0) is 11.2 Å². The van der Waals surface area contributed by atoms with Crippen molar-refractivity contribution in [3.63, 3.8) is 0 Å². The summed E-state index contributed by atoms with van der Waals surface area (Å²) >= 11 is 5.88. The van der Waals surface area contributed by atoms with Crippen LogP contribution in [-0.4, -0.2) is 29.7 Å². The van der Waals surface area contributed by atoms with Crippen molar-refractivity contribution >= 4 is 17.5 Å². The number of alkyl halides is 1. The highest BCUT2D eigenvalue weighted by molar-refractivity contribution is 6.22. The molecule has 0 aromatic heterocycles. The summed E-state index contributed by atoms with van der Waals surface area (Å²) < 4.78 is 0. The Morgan fingerprint density at radius 1 is 1.43 bits per heavy atom. The maximum Gasteiger partial charge on any atom is 0.223 e. The highest BCUT2D eigenvalue weighted by atomic mass is 35.5. The molecule has 1 saturated heterocycles. The number of nitrogens with two attached hydrogens (primary N) is 1. The van der Waals surface area contributed by atoms with Crippen LogP contribution in [0.15, 0.2) is 24.3 Å². The smallest absolute Gasteiger partial charge is 0.223 e. The second-order valence-corrected chi connectivity index (χ2v) is 6.37. The van der Waals surface area contributed by atoms with Crippen LogP contribution in [0.3, 0.4) is 0 Å². The predicted octanol–water partition coefficient (Wildman–Crippen LogP) is 1.74. The van der Waals surface area contributed by atoms with Crippen LogP contribution in [0.25, 0.3) is 0 Å². The van der Waals surface area contributed by atoms with Gasteiger partial charge in [0.25, 0.3) is 0 Å². The highest BCUT2D eigenvalue weighted by Crippen LogP contribution is 2.37. The van der Waals surface area contributed by atoms with Crippen molar-refractivity contribution in [2.24, 2.45) is 11.7 Å². The van der Waals surface area contributed by atoms with Gasteiger partial charge in [0.1, 0.15) is 0 Å². The van der Waals surface area contributed by atoms with Crippen molar-refractivity contribution in [1.82, 2.24) is 5.32 Å². The van der Waals surface area contributed by atoms with Crippen molar-refractivity contribution in [1.29, 1.82) is 0 Å². The first kappa shape index (κ1) is 16.3. The van der Waals surface area contributed by atoms with Crippen LogP contribution in [0.4, 0.5) is 0 Å². The Bertz CT molecular complexity index is 501. The van der Waals surface area contributed by atoms with Gasteiger partial charge in [-0.05, 0) is 43.5 Å². The maximum absolute atomic E-state index is 10.8. The zero-order valence-corrected chi connectivity index (χ0v) is 13.1. The van der Waals surface area contributed by atoms with Gasteiger partial charge in [-0.3, -0.25) is 4.79 Å². The fourth-order valence-electron chi connectivity index (χ4n) is 2.76. The number of fused-ring (bicyclic) bond motifs is 1. The molecule has 1 aromatic rings. The molecular formula is C16H23ClN2O2. The lowest BCUT2D eigenvalue weighted by Gasteiger charge is -2.36. The summed E-state index contributed by atoms with van der Waals surface area (Å²) in [4.78, 5) is 10.8. The average molecular weight is 311 g/mol. The fourth-order valence-corrected chi connectivity index (χ4v) is 3.13. The molecule has 2 atom stereocenters. The van der Waals surface area contributed by atoms with Gasteiger partial charge in [-0.15, -0.1) is 11.6 Å². The number of aliphatic hydroxyl groups is 1. The summed E-state index contributed by atoms with van der Waals surface area (Å²) in [7, 11) is 0. The quantitative estimate of drug-likeness (QED) is 0.728. The maximum atomic E-state index is 10.8. The van der Waals surface area contributed by atoms with Crippen LogP contribution in [0, 0.1) is 5.92 Å². The molecule has 3 rings (SSSR count). The number of hydrogen-bond acceptors (Lipinski definition) is 3. The molecule has 4 N–H and O–H groups in total. The van der Waals surface area contributed by atoms with E-state index in [1.54, 1.807) is 6.92 Å². The van der Waals surface area contributed by atoms with E-state index in [4.69, 9.17) is 17.3 Å². The van der Waals surface area contributed by atoms with Gasteiger partial charge < -0.3 is 16.2 Å². The van der Waals surface area contributed by atoms with Gasteiger partial charge in [0.05, 0.1) is 16.9 Å². The van der Waals surface area contributed by atoms with E-state index >= 15 is 0 Å². The van der Waals surface area contributed by atoms with Gasteiger partial charge in [-0.1, -0.05) is 31.2 Å². The van der Waals surface area contributed by atoms with Gasteiger partial charge in [0.15, 0.2) is 0 Å². The van der Waals surface area contributed by atoms with Gasteiger partial charge in [-0.2, -0.15) is 0 Å². The molecule has 116 valence electrons. The molecule has 0 spiro atoms. The number of nitrogens with one attached hydrogen (secondary N) is 1. The summed E-state index contributed by atoms with van der Waals surface area (Å²) in [5.74, 6) is -0.862. The van der Waals surface area contributed by atoms with Crippen molar-refractivity contribution in [2.45, 2.75) is 37.2 Å². The highest BCUT2D eigenvalue weighted by Gasteiger charge is 2.37. The molecule has 1 fully saturated rings. The van der Waals surface area contributed by atoms with Gasteiger partial charge in [-0.25, -0.2) is 0 Å². The average Bonchev–Trinajstić information content (AvgIpc) is 2.47. The lowest BCUT2D eigenvalue weighted by atomic mass is 9.81. The number of carbonyl (C=O) groups is 1. The number of hydrogen-bond donors (Lipinski definition) is 3. The molecule has 2 aliphatic rings. The number of piperidine rings is 1. The van der Waals surface area contributed by atoms with E-state index in [1.165, 1.54) is 11.1 Å². The molecule has 0 saturated carbocycles. The summed E-state index contributed by atoms with van der Waals surface area (Å²) in [6, 6.07) is 8.32. The van der Waals surface area contributed by atoms with E-state index in [0.717, 1.165) is 19.5 Å². The normalized spacial score (nSPS) is 23.9. The second kappa shape index (κ2) is 6.77.